The Morgan fingerprint density at radius 1 is 1.00 bits per heavy atom. The van der Waals surface area contributed by atoms with E-state index < -0.39 is 0 Å². The van der Waals surface area contributed by atoms with Crippen LogP contribution in [0, 0.1) is 11.8 Å². The highest BCUT2D eigenvalue weighted by molar-refractivity contribution is 5.41. The Hall–Kier alpha value is -1.22. The van der Waals surface area contributed by atoms with Gasteiger partial charge in [-0.1, -0.05) is 25.3 Å². The van der Waals surface area contributed by atoms with Gasteiger partial charge in [-0.3, -0.25) is 0 Å². The number of phenols is 2. The fraction of sp³-hybridized carbons (Fsp3) is 0.625. The van der Waals surface area contributed by atoms with Crippen LogP contribution >= 0.6 is 0 Å². The molecule has 3 heteroatoms. The van der Waals surface area contributed by atoms with Gasteiger partial charge in [0.05, 0.1) is 0 Å². The molecule has 1 aromatic rings. The molecule has 104 valence electrons. The fourth-order valence-electron chi connectivity index (χ4n) is 4.12. The van der Waals surface area contributed by atoms with Gasteiger partial charge in [0.25, 0.3) is 0 Å². The van der Waals surface area contributed by atoms with Crippen molar-refractivity contribution in [1.29, 1.82) is 0 Å². The Kier molecular flexibility index (Phi) is 3.40. The zero-order valence-corrected chi connectivity index (χ0v) is 11.3. The van der Waals surface area contributed by atoms with Gasteiger partial charge in [0.1, 0.15) is 0 Å². The first-order valence-electron chi connectivity index (χ1n) is 7.42. The van der Waals surface area contributed by atoms with Gasteiger partial charge in [0.15, 0.2) is 11.5 Å². The average Bonchev–Trinajstić information content (AvgIpc) is 2.42. The second-order valence-corrected chi connectivity index (χ2v) is 6.29. The van der Waals surface area contributed by atoms with Crippen molar-refractivity contribution < 1.29 is 10.2 Å². The summed E-state index contributed by atoms with van der Waals surface area (Å²) in [6.45, 7) is 0. The third-order valence-electron chi connectivity index (χ3n) is 5.13. The van der Waals surface area contributed by atoms with E-state index in [1.54, 1.807) is 12.1 Å². The Morgan fingerprint density at radius 2 is 1.79 bits per heavy atom. The Morgan fingerprint density at radius 3 is 2.58 bits per heavy atom. The molecule has 3 nitrogen and oxygen atoms in total. The molecule has 3 rings (SSSR count). The van der Waals surface area contributed by atoms with Crippen molar-refractivity contribution in [2.45, 2.75) is 50.5 Å². The van der Waals surface area contributed by atoms with Crippen molar-refractivity contribution in [1.82, 2.24) is 0 Å². The molecule has 2 aliphatic rings. The minimum Gasteiger partial charge on any atom is -0.504 e. The predicted molar refractivity (Wildman–Crippen MR) is 75.2 cm³/mol. The van der Waals surface area contributed by atoms with Gasteiger partial charge < -0.3 is 15.9 Å². The molecule has 2 saturated carbocycles. The molecule has 2 unspecified atom stereocenters. The minimum atomic E-state index is -0.0422. The molecule has 19 heavy (non-hydrogen) atoms. The first-order chi connectivity index (χ1) is 9.15. The summed E-state index contributed by atoms with van der Waals surface area (Å²) < 4.78 is 0. The first-order valence-corrected chi connectivity index (χ1v) is 7.42. The van der Waals surface area contributed by atoms with E-state index in [0.717, 1.165) is 17.9 Å². The topological polar surface area (TPSA) is 66.5 Å². The predicted octanol–water partition coefficient (Wildman–Crippen LogP) is 3.11. The van der Waals surface area contributed by atoms with Crippen LogP contribution in [0.4, 0.5) is 0 Å². The summed E-state index contributed by atoms with van der Waals surface area (Å²) in [4.78, 5) is 0. The maximum Gasteiger partial charge on any atom is 0.157 e. The lowest BCUT2D eigenvalue weighted by molar-refractivity contribution is 0.131. The van der Waals surface area contributed by atoms with Crippen molar-refractivity contribution in [3.63, 3.8) is 0 Å². The van der Waals surface area contributed by atoms with E-state index in [1.807, 2.05) is 6.07 Å². The van der Waals surface area contributed by atoms with Crippen molar-refractivity contribution in [2.24, 2.45) is 17.6 Å². The summed E-state index contributed by atoms with van der Waals surface area (Å²) in [5, 5.41) is 19.1. The molecule has 2 fully saturated rings. The fourth-order valence-corrected chi connectivity index (χ4v) is 4.12. The number of hydrogen-bond acceptors (Lipinski definition) is 3. The molecule has 1 aromatic carbocycles. The van der Waals surface area contributed by atoms with Gasteiger partial charge in [-0.25, -0.2) is 0 Å². The van der Waals surface area contributed by atoms with Crippen molar-refractivity contribution in [2.75, 3.05) is 0 Å². The van der Waals surface area contributed by atoms with Gasteiger partial charge >= 0.3 is 0 Å². The number of rotatable bonds is 1. The molecule has 0 spiro atoms. The number of nitrogens with two attached hydrogens (primary N) is 1. The largest absolute Gasteiger partial charge is 0.504 e. The molecule has 0 saturated heterocycles. The van der Waals surface area contributed by atoms with Crippen LogP contribution in [-0.4, -0.2) is 16.3 Å². The van der Waals surface area contributed by atoms with Crippen LogP contribution in [0.25, 0.3) is 0 Å². The lowest BCUT2D eigenvalue weighted by Gasteiger charge is -2.43. The second kappa shape index (κ2) is 5.04. The molecule has 0 bridgehead atoms. The third-order valence-corrected chi connectivity index (χ3v) is 5.13. The molecule has 0 aromatic heterocycles. The summed E-state index contributed by atoms with van der Waals surface area (Å²) in [5.41, 5.74) is 7.49. The van der Waals surface area contributed by atoms with E-state index in [1.165, 1.54) is 32.1 Å². The zero-order chi connectivity index (χ0) is 13.4. The van der Waals surface area contributed by atoms with Crippen LogP contribution in [0.15, 0.2) is 18.2 Å². The van der Waals surface area contributed by atoms with Crippen molar-refractivity contribution in [3.05, 3.63) is 23.8 Å². The van der Waals surface area contributed by atoms with Crippen LogP contribution in [0.1, 0.15) is 50.0 Å². The summed E-state index contributed by atoms with van der Waals surface area (Å²) in [7, 11) is 0. The molecule has 4 atom stereocenters. The molecular formula is C16H23NO2. The van der Waals surface area contributed by atoms with Gasteiger partial charge in [-0.05, 0) is 54.7 Å². The Balaban J connectivity index is 1.80. The highest BCUT2D eigenvalue weighted by Gasteiger charge is 2.37. The number of fused-ring (bicyclic) bond motifs is 1. The van der Waals surface area contributed by atoms with Crippen LogP contribution in [0.5, 0.6) is 11.5 Å². The molecule has 0 heterocycles. The number of phenolic OH excluding ortho intramolecular Hbond substituents is 2. The lowest BCUT2D eigenvalue weighted by atomic mass is 9.64. The van der Waals surface area contributed by atoms with Gasteiger partial charge in [-0.15, -0.1) is 0 Å². The average molecular weight is 261 g/mol. The standard InChI is InChI=1S/C16H23NO2/c17-14-8-12(7-11-3-1-2-4-13(11)14)10-5-6-15(18)16(19)9-10/h5-6,9,11-14,18-19H,1-4,7-8,17H2/t11?,12-,13?,14+/m1/s1. The number of benzene rings is 1. The number of aromatic hydroxyl groups is 2. The Bertz CT molecular complexity index is 460. The maximum absolute atomic E-state index is 9.65. The monoisotopic (exact) mass is 261 g/mol. The third kappa shape index (κ3) is 2.44. The van der Waals surface area contributed by atoms with Crippen LogP contribution in [-0.2, 0) is 0 Å². The smallest absolute Gasteiger partial charge is 0.157 e. The normalized spacial score (nSPS) is 34.8. The molecule has 0 amide bonds. The molecular weight excluding hydrogens is 238 g/mol. The molecule has 0 aliphatic heterocycles. The van der Waals surface area contributed by atoms with Crippen LogP contribution < -0.4 is 5.73 Å². The summed E-state index contributed by atoms with van der Waals surface area (Å²) in [6, 6.07) is 5.51. The number of hydrogen-bond donors (Lipinski definition) is 3. The van der Waals surface area contributed by atoms with Crippen molar-refractivity contribution >= 4 is 0 Å². The maximum atomic E-state index is 9.65. The van der Waals surface area contributed by atoms with E-state index in [2.05, 4.69) is 0 Å². The van der Waals surface area contributed by atoms with Crippen molar-refractivity contribution in [3.8, 4) is 11.5 Å². The highest BCUT2D eigenvalue weighted by Crippen LogP contribution is 2.46. The first kappa shape index (κ1) is 12.8. The molecule has 0 radical (unpaired) electrons. The quantitative estimate of drug-likeness (QED) is 0.680. The van der Waals surface area contributed by atoms with E-state index >= 15 is 0 Å². The molecule has 2 aliphatic carbocycles. The Labute approximate surface area is 114 Å². The molecule has 4 N–H and O–H groups in total. The SMILES string of the molecule is N[C@H]1C[C@H](c2ccc(O)c(O)c2)CC2CCCCC21. The second-order valence-electron chi connectivity index (χ2n) is 6.29. The van der Waals surface area contributed by atoms with Gasteiger partial charge in [0.2, 0.25) is 0 Å². The van der Waals surface area contributed by atoms with E-state index in [9.17, 15) is 10.2 Å². The minimum absolute atomic E-state index is 0.0168. The summed E-state index contributed by atoms with van der Waals surface area (Å²) >= 11 is 0. The zero-order valence-electron chi connectivity index (χ0n) is 11.3. The van der Waals surface area contributed by atoms with E-state index in [0.29, 0.717) is 17.9 Å². The van der Waals surface area contributed by atoms with E-state index in [-0.39, 0.29) is 11.5 Å². The summed E-state index contributed by atoms with van der Waals surface area (Å²) in [6.07, 6.45) is 7.45. The van der Waals surface area contributed by atoms with Gasteiger partial charge in [0, 0.05) is 6.04 Å². The van der Waals surface area contributed by atoms with E-state index in [4.69, 9.17) is 5.73 Å². The lowest BCUT2D eigenvalue weighted by Crippen LogP contribution is -2.42. The van der Waals surface area contributed by atoms with Gasteiger partial charge in [-0.2, -0.15) is 0 Å². The highest BCUT2D eigenvalue weighted by atomic mass is 16.3. The summed E-state index contributed by atoms with van der Waals surface area (Å²) in [5.74, 6) is 1.83. The van der Waals surface area contributed by atoms with Crippen LogP contribution in [0.2, 0.25) is 0 Å². The van der Waals surface area contributed by atoms with Crippen LogP contribution in [0.3, 0.4) is 0 Å².